The van der Waals surface area contributed by atoms with E-state index in [4.69, 9.17) is 23.2 Å². The Morgan fingerprint density at radius 1 is 1.18 bits per heavy atom. The predicted molar refractivity (Wildman–Crippen MR) is 72.1 cm³/mol. The molecule has 0 spiro atoms. The zero-order chi connectivity index (χ0) is 13.2. The molecule has 3 nitrogen and oxygen atoms in total. The van der Waals surface area contributed by atoms with E-state index in [0.29, 0.717) is 15.6 Å². The van der Waals surface area contributed by atoms with Gasteiger partial charge in [0.05, 0.1) is 5.25 Å². The molecule has 0 amide bonds. The highest BCUT2D eigenvalue weighted by Crippen LogP contribution is 2.26. The van der Waals surface area contributed by atoms with Crippen LogP contribution in [0.3, 0.4) is 0 Å². The molecule has 1 aromatic carbocycles. The molecule has 1 N–H and O–H groups in total. The van der Waals surface area contributed by atoms with Crippen molar-refractivity contribution < 1.29 is 8.42 Å². The van der Waals surface area contributed by atoms with Gasteiger partial charge in [-0.15, -0.1) is 0 Å². The van der Waals surface area contributed by atoms with Crippen LogP contribution in [0.2, 0.25) is 10.0 Å². The van der Waals surface area contributed by atoms with Gasteiger partial charge in [0.2, 0.25) is 10.0 Å². The third-order valence-corrected chi connectivity index (χ3v) is 4.88. The molecule has 1 aromatic rings. The fourth-order valence-electron chi connectivity index (χ4n) is 1.30. The van der Waals surface area contributed by atoms with Crippen molar-refractivity contribution in [2.24, 2.45) is 0 Å². The van der Waals surface area contributed by atoms with Crippen molar-refractivity contribution in [3.8, 4) is 0 Å². The summed E-state index contributed by atoms with van der Waals surface area (Å²) in [4.78, 5) is 0. The first-order valence-corrected chi connectivity index (χ1v) is 7.50. The molecule has 0 heterocycles. The van der Waals surface area contributed by atoms with Gasteiger partial charge in [-0.25, -0.2) is 13.1 Å². The zero-order valence-electron chi connectivity index (χ0n) is 9.87. The van der Waals surface area contributed by atoms with Gasteiger partial charge in [-0.1, -0.05) is 29.3 Å². The molecule has 0 saturated heterocycles. The van der Waals surface area contributed by atoms with Gasteiger partial charge in [0.15, 0.2) is 0 Å². The number of nitrogens with one attached hydrogen (secondary N) is 1. The van der Waals surface area contributed by atoms with Crippen LogP contribution in [0, 0.1) is 0 Å². The van der Waals surface area contributed by atoms with Gasteiger partial charge >= 0.3 is 0 Å². The van der Waals surface area contributed by atoms with Gasteiger partial charge < -0.3 is 0 Å². The van der Waals surface area contributed by atoms with E-state index in [-0.39, 0.29) is 6.04 Å². The van der Waals surface area contributed by atoms with Crippen molar-refractivity contribution in [3.63, 3.8) is 0 Å². The summed E-state index contributed by atoms with van der Waals surface area (Å²) in [5, 5.41) is 0.505. The zero-order valence-corrected chi connectivity index (χ0v) is 12.2. The number of benzene rings is 1. The maximum Gasteiger partial charge on any atom is 0.214 e. The molecule has 0 radical (unpaired) electrons. The third kappa shape index (κ3) is 3.85. The number of sulfonamides is 1. The lowest BCUT2D eigenvalue weighted by atomic mass is 10.1. The van der Waals surface area contributed by atoms with E-state index >= 15 is 0 Å². The third-order valence-electron chi connectivity index (χ3n) is 2.39. The second-order valence-corrected chi connectivity index (χ2v) is 7.21. The summed E-state index contributed by atoms with van der Waals surface area (Å²) in [5.41, 5.74) is 0.709. The minimum Gasteiger partial charge on any atom is -0.212 e. The Labute approximate surface area is 112 Å². The molecule has 6 heteroatoms. The first-order valence-electron chi connectivity index (χ1n) is 5.20. The normalized spacial score (nSPS) is 14.0. The Morgan fingerprint density at radius 2 is 1.76 bits per heavy atom. The van der Waals surface area contributed by atoms with Crippen molar-refractivity contribution in [1.29, 1.82) is 0 Å². The molecular formula is C11H15Cl2NO2S. The summed E-state index contributed by atoms with van der Waals surface area (Å²) >= 11 is 11.8. The second-order valence-electron chi connectivity index (χ2n) is 4.10. The van der Waals surface area contributed by atoms with E-state index in [1.807, 2.05) is 0 Å². The average Bonchev–Trinajstić information content (AvgIpc) is 2.15. The summed E-state index contributed by atoms with van der Waals surface area (Å²) in [6, 6.07) is 4.62. The van der Waals surface area contributed by atoms with Crippen molar-refractivity contribution in [2.45, 2.75) is 32.1 Å². The van der Waals surface area contributed by atoms with Crippen LogP contribution in [0.25, 0.3) is 0 Å². The maximum atomic E-state index is 11.7. The number of hydrogen-bond acceptors (Lipinski definition) is 2. The molecule has 1 unspecified atom stereocenters. The Morgan fingerprint density at radius 3 is 2.24 bits per heavy atom. The summed E-state index contributed by atoms with van der Waals surface area (Å²) in [6.45, 7) is 4.99. The molecule has 0 bridgehead atoms. The Balaban J connectivity index is 2.95. The lowest BCUT2D eigenvalue weighted by molar-refractivity contribution is 0.558. The van der Waals surface area contributed by atoms with E-state index in [1.165, 1.54) is 0 Å². The first kappa shape index (κ1) is 14.8. The lowest BCUT2D eigenvalue weighted by Gasteiger charge is -2.17. The van der Waals surface area contributed by atoms with Crippen molar-refractivity contribution in [1.82, 2.24) is 4.72 Å². The Bertz CT molecular complexity index is 500. The average molecular weight is 296 g/mol. The van der Waals surface area contributed by atoms with Gasteiger partial charge in [-0.05, 0) is 38.5 Å². The molecule has 0 saturated carbocycles. The van der Waals surface area contributed by atoms with Crippen LogP contribution < -0.4 is 4.72 Å². The van der Waals surface area contributed by atoms with Gasteiger partial charge in [0.25, 0.3) is 0 Å². The summed E-state index contributed by atoms with van der Waals surface area (Å²) < 4.78 is 26.0. The Hall–Kier alpha value is -0.290. The van der Waals surface area contributed by atoms with Crippen LogP contribution in [-0.4, -0.2) is 13.7 Å². The van der Waals surface area contributed by atoms with Crippen LogP contribution in [-0.2, 0) is 10.0 Å². The van der Waals surface area contributed by atoms with Gasteiger partial charge in [-0.2, -0.15) is 0 Å². The number of hydrogen-bond donors (Lipinski definition) is 1. The van der Waals surface area contributed by atoms with E-state index in [2.05, 4.69) is 4.72 Å². The van der Waals surface area contributed by atoms with E-state index in [9.17, 15) is 8.42 Å². The van der Waals surface area contributed by atoms with Crippen LogP contribution in [0.5, 0.6) is 0 Å². The second kappa shape index (κ2) is 5.57. The minimum atomic E-state index is -3.31. The number of rotatable bonds is 4. The van der Waals surface area contributed by atoms with Gasteiger partial charge in [0.1, 0.15) is 0 Å². The van der Waals surface area contributed by atoms with Crippen molar-refractivity contribution >= 4 is 33.2 Å². The van der Waals surface area contributed by atoms with Gasteiger partial charge in [0, 0.05) is 16.1 Å². The largest absolute Gasteiger partial charge is 0.214 e. The SMILES string of the molecule is CC(NS(=O)(=O)C(C)C)c1ccc(Cl)cc1Cl. The standard InChI is InChI=1S/C11H15Cl2NO2S/c1-7(2)17(15,16)14-8(3)10-5-4-9(12)6-11(10)13/h4-8,14H,1-3H3. The molecule has 17 heavy (non-hydrogen) atoms. The summed E-state index contributed by atoms with van der Waals surface area (Å²) in [7, 11) is -3.31. The molecule has 1 atom stereocenters. The molecule has 0 fully saturated rings. The number of halogens is 2. The summed E-state index contributed by atoms with van der Waals surface area (Å²) in [5.74, 6) is 0. The molecule has 0 aliphatic carbocycles. The van der Waals surface area contributed by atoms with Gasteiger partial charge in [-0.3, -0.25) is 0 Å². The van der Waals surface area contributed by atoms with Crippen LogP contribution >= 0.6 is 23.2 Å². The highest BCUT2D eigenvalue weighted by atomic mass is 35.5. The highest BCUT2D eigenvalue weighted by molar-refractivity contribution is 7.90. The van der Waals surface area contributed by atoms with Crippen LogP contribution in [0.4, 0.5) is 0 Å². The molecule has 0 aliphatic heterocycles. The topological polar surface area (TPSA) is 46.2 Å². The molecule has 96 valence electrons. The molecule has 0 aliphatic rings. The van der Waals surface area contributed by atoms with E-state index in [1.54, 1.807) is 39.0 Å². The van der Waals surface area contributed by atoms with E-state index in [0.717, 1.165) is 0 Å². The smallest absolute Gasteiger partial charge is 0.212 e. The van der Waals surface area contributed by atoms with Crippen molar-refractivity contribution in [3.05, 3.63) is 33.8 Å². The lowest BCUT2D eigenvalue weighted by Crippen LogP contribution is -2.33. The maximum absolute atomic E-state index is 11.7. The molecule has 1 rings (SSSR count). The fraction of sp³-hybridized carbons (Fsp3) is 0.455. The fourth-order valence-corrected chi connectivity index (χ4v) is 2.76. The highest BCUT2D eigenvalue weighted by Gasteiger charge is 2.20. The van der Waals surface area contributed by atoms with E-state index < -0.39 is 15.3 Å². The molecule has 0 aromatic heterocycles. The monoisotopic (exact) mass is 295 g/mol. The predicted octanol–water partition coefficient (Wildman–Crippen LogP) is 3.38. The van der Waals surface area contributed by atoms with Crippen LogP contribution in [0.1, 0.15) is 32.4 Å². The molecular weight excluding hydrogens is 281 g/mol. The first-order chi connectivity index (χ1) is 7.74. The quantitative estimate of drug-likeness (QED) is 0.925. The van der Waals surface area contributed by atoms with Crippen LogP contribution in [0.15, 0.2) is 18.2 Å². The Kier molecular flexibility index (Phi) is 4.84. The minimum absolute atomic E-state index is 0.382. The van der Waals surface area contributed by atoms with Crippen molar-refractivity contribution in [2.75, 3.05) is 0 Å². The summed E-state index contributed by atoms with van der Waals surface area (Å²) in [6.07, 6.45) is 0.